The molecule has 52 heavy (non-hydrogen) atoms. The quantitative estimate of drug-likeness (QED) is 0.0540. The van der Waals surface area contributed by atoms with E-state index in [9.17, 15) is 44.4 Å². The first-order valence-corrected chi connectivity index (χ1v) is 17.1. The number of quaternary nitrogens is 3. The molecule has 15 N–H and O–H groups in total. The normalized spacial score (nSPS) is 27.1. The number of cyclic esters (lactones) is 3. The van der Waals surface area contributed by atoms with Gasteiger partial charge in [-0.15, -0.1) is 0 Å². The molecule has 0 fully saturated rings. The van der Waals surface area contributed by atoms with Crippen molar-refractivity contribution in [1.29, 1.82) is 0 Å². The molecule has 1 aliphatic rings. The maximum atomic E-state index is 12.4. The number of carbonyl (C=O) groups is 3. The van der Waals surface area contributed by atoms with E-state index in [1.165, 1.54) is 18.2 Å². The van der Waals surface area contributed by atoms with Crippen LogP contribution < -0.4 is 17.2 Å². The summed E-state index contributed by atoms with van der Waals surface area (Å²) in [5.74, 6) is -2.89. The van der Waals surface area contributed by atoms with Crippen LogP contribution in [0.15, 0.2) is 34.9 Å². The van der Waals surface area contributed by atoms with Gasteiger partial charge in [-0.05, 0) is 40.0 Å². The first-order chi connectivity index (χ1) is 24.0. The van der Waals surface area contributed by atoms with Crippen LogP contribution in [-0.4, -0.2) is 138 Å². The first-order valence-electron chi connectivity index (χ1n) is 17.1. The number of amides is 3. The minimum Gasteiger partial charge on any atom is -0.461 e. The van der Waals surface area contributed by atoms with Gasteiger partial charge in [0.15, 0.2) is 18.1 Å². The van der Waals surface area contributed by atoms with E-state index in [1.807, 2.05) is 0 Å². The third kappa shape index (κ3) is 20.4. The Hall–Kier alpha value is -3.68. The molecule has 0 bridgehead atoms. The largest absolute Gasteiger partial charge is 0.461 e. The Kier molecular flexibility index (Phi) is 24.3. The minimum absolute atomic E-state index is 0. The molecule has 3 atom stereocenters. The zero-order valence-electron chi connectivity index (χ0n) is 30.5. The van der Waals surface area contributed by atoms with E-state index in [1.54, 1.807) is 20.8 Å². The Bertz CT molecular complexity index is 1140. The maximum Gasteiger partial charge on any atom is 0.440 e. The molecule has 0 aromatic carbocycles. The summed E-state index contributed by atoms with van der Waals surface area (Å²) in [6, 6.07) is -2.16. The van der Waals surface area contributed by atoms with Crippen LogP contribution in [-0.2, 0) is 45.7 Å². The molecule has 0 saturated heterocycles. The van der Waals surface area contributed by atoms with E-state index < -0.39 is 53.8 Å². The van der Waals surface area contributed by atoms with Crippen LogP contribution in [0.5, 0.6) is 0 Å². The summed E-state index contributed by atoms with van der Waals surface area (Å²) in [5, 5.41) is 32.5. The second-order valence-electron chi connectivity index (χ2n) is 12.7. The number of hydroxylamine groups is 6. The molecule has 0 unspecified atom stereocenters. The van der Waals surface area contributed by atoms with E-state index in [0.717, 1.165) is 0 Å². The van der Waals surface area contributed by atoms with Gasteiger partial charge >= 0.3 is 35.6 Å². The van der Waals surface area contributed by atoms with Gasteiger partial charge in [-0.3, -0.25) is 30.0 Å². The van der Waals surface area contributed by atoms with Crippen molar-refractivity contribution in [1.82, 2.24) is 15.2 Å². The fourth-order valence-electron chi connectivity index (χ4n) is 4.55. The fraction of sp³-hybridized carbons (Fsp3) is 0.636. The van der Waals surface area contributed by atoms with Crippen LogP contribution in [0.25, 0.3) is 0 Å². The molecule has 3 amide bonds. The van der Waals surface area contributed by atoms with Crippen molar-refractivity contribution in [3.8, 4) is 0 Å². The van der Waals surface area contributed by atoms with Gasteiger partial charge in [0.05, 0.1) is 57.7 Å². The molecule has 0 aromatic heterocycles. The van der Waals surface area contributed by atoms with E-state index in [2.05, 4.69) is 17.2 Å². The van der Waals surface area contributed by atoms with Gasteiger partial charge in [-0.25, -0.2) is 14.4 Å². The molecule has 0 saturated carbocycles. The second kappa shape index (κ2) is 26.1. The van der Waals surface area contributed by atoms with Crippen molar-refractivity contribution in [2.45, 2.75) is 96.7 Å². The summed E-state index contributed by atoms with van der Waals surface area (Å²) in [4.78, 5) is 67.8. The molecule has 1 rings (SSSR count). The van der Waals surface area contributed by atoms with E-state index in [4.69, 9.17) is 14.2 Å². The predicted octanol–water partition coefficient (Wildman–Crippen LogP) is -1.61. The van der Waals surface area contributed by atoms with Crippen LogP contribution in [0.3, 0.4) is 0 Å². The molecule has 0 spiro atoms. The topological polar surface area (TPSA) is 296 Å². The van der Waals surface area contributed by atoms with E-state index in [-0.39, 0.29) is 95.0 Å². The van der Waals surface area contributed by atoms with E-state index in [0.29, 0.717) is 51.2 Å². The SMILES string of the molecule is C/C1=C/C(=[OH+])N(O)CCC[C@H]([NH3+])C(=O)OCC/C(C)=C\C(=[OH+])N(O)CCC[C@H]([NH3+])C(=O)OCC/C(C)=C\C(=[OH+])N(O)CCC[C@H]([NH3+])C(=O)OCC1.[Fe]. The third-order valence-corrected chi connectivity index (χ3v) is 7.91. The second-order valence-corrected chi connectivity index (χ2v) is 12.7. The molecular weight excluding hydrogens is 728 g/mol. The third-order valence-electron chi connectivity index (χ3n) is 7.91. The summed E-state index contributed by atoms with van der Waals surface area (Å²) in [6.07, 6.45) is 6.59. The smallest absolute Gasteiger partial charge is 0.440 e. The number of hydrogen-bond donors (Lipinski definition) is 6. The van der Waals surface area contributed by atoms with Crippen molar-refractivity contribution >= 4 is 35.6 Å². The van der Waals surface area contributed by atoms with Crippen molar-refractivity contribution in [2.75, 3.05) is 39.5 Å². The van der Waals surface area contributed by atoms with Crippen LogP contribution in [0.4, 0.5) is 0 Å². The Labute approximate surface area is 314 Å². The summed E-state index contributed by atoms with van der Waals surface area (Å²) in [6.45, 7) is 5.15. The minimum atomic E-state index is -0.721. The maximum absolute atomic E-state index is 12.4. The van der Waals surface area contributed by atoms with E-state index >= 15 is 0 Å². The number of rotatable bonds is 0. The Balaban J connectivity index is 0.0000260. The number of ether oxygens (including phenoxy) is 3. The first kappa shape index (κ1) is 48.3. The van der Waals surface area contributed by atoms with Gasteiger partial charge in [0.1, 0.15) is 0 Å². The Morgan fingerprint density at radius 3 is 1.02 bits per heavy atom. The Morgan fingerprint density at radius 2 is 0.788 bits per heavy atom. The molecule has 296 valence electrons. The number of esters is 3. The molecule has 1 heterocycles. The van der Waals surface area contributed by atoms with Crippen LogP contribution in [0, 0.1) is 0 Å². The van der Waals surface area contributed by atoms with Crippen molar-refractivity contribution in [3.05, 3.63) is 34.9 Å². The van der Waals surface area contributed by atoms with Crippen molar-refractivity contribution < 1.29 is 92.9 Å². The number of nitrogens with zero attached hydrogens (tertiary/aromatic N) is 3. The summed E-state index contributed by atoms with van der Waals surface area (Å²) < 4.78 is 15.8. The van der Waals surface area contributed by atoms with Gasteiger partial charge in [-0.2, -0.15) is 15.2 Å². The van der Waals surface area contributed by atoms with Crippen molar-refractivity contribution in [3.63, 3.8) is 0 Å². The summed E-state index contributed by atoms with van der Waals surface area (Å²) in [5.41, 5.74) is 13.3. The zero-order chi connectivity index (χ0) is 38.5. The molecule has 19 heteroatoms. The van der Waals surface area contributed by atoms with Crippen LogP contribution in [0.1, 0.15) is 78.6 Å². The fourth-order valence-corrected chi connectivity index (χ4v) is 4.55. The molecule has 0 aromatic rings. The average molecular weight is 789 g/mol. The van der Waals surface area contributed by atoms with Crippen LogP contribution >= 0.6 is 0 Å². The van der Waals surface area contributed by atoms with Crippen molar-refractivity contribution in [2.24, 2.45) is 0 Å². The zero-order valence-corrected chi connectivity index (χ0v) is 31.6. The number of hydrogen-bond acceptors (Lipinski definition) is 9. The standard InChI is InChI=1S/C33H54N6O12.Fe/c1-22-10-16-49-31(43)25(34)8-5-14-38(47)29(41)20-24(3)12-18-51-33(45)27(36)9-6-15-39(48)30(42)21-23(2)11-17-50-32(44)26(35)7-4-13-37(46)28(40)19-22;/h19-21,25-27,46-48H,4-18,34-36H2,1-3H3;/p+6/b22-19-,23-21-,24-20-;/t25-,26-,27-;/m0./s1. The molecular formula is C33H60FeN6O12+6. The van der Waals surface area contributed by atoms with Gasteiger partial charge < -0.3 is 31.4 Å². The molecule has 0 radical (unpaired) electrons. The van der Waals surface area contributed by atoms with Gasteiger partial charge in [0.25, 0.3) is 0 Å². The van der Waals surface area contributed by atoms with Gasteiger partial charge in [0.2, 0.25) is 0 Å². The van der Waals surface area contributed by atoms with Gasteiger partial charge in [-0.1, -0.05) is 16.7 Å². The number of carbonyl (C=O) groups excluding carboxylic acids is 6. The summed E-state index contributed by atoms with van der Waals surface area (Å²) in [7, 11) is 0. The predicted molar refractivity (Wildman–Crippen MR) is 182 cm³/mol. The monoisotopic (exact) mass is 788 g/mol. The summed E-state index contributed by atoms with van der Waals surface area (Å²) >= 11 is 0. The molecule has 0 aliphatic carbocycles. The Morgan fingerprint density at radius 1 is 0.558 bits per heavy atom. The molecule has 18 nitrogen and oxygen atoms in total. The average Bonchev–Trinajstić information content (AvgIpc) is 3.06. The molecule has 1 aliphatic heterocycles. The van der Waals surface area contributed by atoms with Crippen LogP contribution in [0.2, 0.25) is 0 Å². The van der Waals surface area contributed by atoms with Gasteiger partial charge in [0, 0.05) is 55.6 Å².